The molecule has 16 heavy (non-hydrogen) atoms. The quantitative estimate of drug-likeness (QED) is 0.668. The van der Waals surface area contributed by atoms with E-state index in [1.807, 2.05) is 6.92 Å². The summed E-state index contributed by atoms with van der Waals surface area (Å²) in [7, 11) is 0. The van der Waals surface area contributed by atoms with Gasteiger partial charge in [0, 0.05) is 5.56 Å². The first-order valence-electron chi connectivity index (χ1n) is 5.05. The van der Waals surface area contributed by atoms with Crippen LogP contribution in [0.5, 0.6) is 0 Å². The number of hydrogen-bond donors (Lipinski definition) is 3. The maximum absolute atomic E-state index is 13.1. The average Bonchev–Trinajstić information content (AvgIpc) is 2.29. The van der Waals surface area contributed by atoms with Crippen LogP contribution in [0.1, 0.15) is 23.7 Å². The van der Waals surface area contributed by atoms with Crippen LogP contribution in [-0.2, 0) is 0 Å². The molecular formula is C11H15FN2O2. The van der Waals surface area contributed by atoms with Gasteiger partial charge in [-0.15, -0.1) is 0 Å². The summed E-state index contributed by atoms with van der Waals surface area (Å²) in [5.41, 5.74) is 5.49. The molecule has 1 rings (SSSR count). The minimum Gasteiger partial charge on any atom is -0.396 e. The molecule has 0 aliphatic rings. The fraction of sp³-hybridized carbons (Fsp3) is 0.364. The molecule has 4 N–H and O–H groups in total. The van der Waals surface area contributed by atoms with Crippen LogP contribution in [0.3, 0.4) is 0 Å². The van der Waals surface area contributed by atoms with E-state index in [1.54, 1.807) is 0 Å². The third-order valence-electron chi connectivity index (χ3n) is 2.31. The minimum atomic E-state index is -0.621. The highest BCUT2D eigenvalue weighted by Crippen LogP contribution is 2.12. The van der Waals surface area contributed by atoms with Crippen molar-refractivity contribution in [1.82, 2.24) is 5.32 Å². The maximum Gasteiger partial charge on any atom is 0.251 e. The molecule has 0 saturated carbocycles. The molecule has 0 unspecified atom stereocenters. The van der Waals surface area contributed by atoms with Crippen LogP contribution in [0.2, 0.25) is 0 Å². The van der Waals surface area contributed by atoms with Gasteiger partial charge in [-0.05, 0) is 24.6 Å². The number of aliphatic hydroxyl groups is 1. The monoisotopic (exact) mass is 226 g/mol. The molecule has 0 radical (unpaired) electrons. The fourth-order valence-electron chi connectivity index (χ4n) is 1.21. The Hall–Kier alpha value is -1.62. The summed E-state index contributed by atoms with van der Waals surface area (Å²) in [6.07, 6.45) is 0.611. The SMILES string of the molecule is CC[C@H](CO)NC(=O)c1ccc(N)c(F)c1. The molecule has 88 valence electrons. The zero-order valence-corrected chi connectivity index (χ0v) is 9.03. The number of carbonyl (C=O) groups excluding carboxylic acids is 1. The molecule has 0 saturated heterocycles. The predicted molar refractivity (Wildman–Crippen MR) is 59.4 cm³/mol. The van der Waals surface area contributed by atoms with Gasteiger partial charge in [-0.3, -0.25) is 4.79 Å². The van der Waals surface area contributed by atoms with Crippen LogP contribution in [0.25, 0.3) is 0 Å². The highest BCUT2D eigenvalue weighted by Gasteiger charge is 2.12. The standard InChI is InChI=1S/C11H15FN2O2/c1-2-8(6-15)14-11(16)7-3-4-10(13)9(12)5-7/h3-5,8,15H,2,6,13H2,1H3,(H,14,16)/t8-/m1/s1. The van der Waals surface area contributed by atoms with Crippen molar-refractivity contribution in [3.05, 3.63) is 29.6 Å². The van der Waals surface area contributed by atoms with E-state index in [-0.39, 0.29) is 23.9 Å². The van der Waals surface area contributed by atoms with E-state index >= 15 is 0 Å². The summed E-state index contributed by atoms with van der Waals surface area (Å²) in [4.78, 5) is 11.6. The number of nitrogen functional groups attached to an aromatic ring is 1. The van der Waals surface area contributed by atoms with Gasteiger partial charge >= 0.3 is 0 Å². The van der Waals surface area contributed by atoms with Gasteiger partial charge in [0.15, 0.2) is 0 Å². The smallest absolute Gasteiger partial charge is 0.251 e. The number of aliphatic hydroxyl groups excluding tert-OH is 1. The number of carbonyl (C=O) groups is 1. The van der Waals surface area contributed by atoms with Crippen LogP contribution in [-0.4, -0.2) is 23.7 Å². The molecule has 0 spiro atoms. The van der Waals surface area contributed by atoms with Crippen LogP contribution in [0.15, 0.2) is 18.2 Å². The number of rotatable bonds is 4. The average molecular weight is 226 g/mol. The van der Waals surface area contributed by atoms with E-state index in [0.717, 1.165) is 6.07 Å². The number of anilines is 1. The first kappa shape index (κ1) is 12.4. The molecule has 0 bridgehead atoms. The number of halogens is 1. The van der Waals surface area contributed by atoms with Crippen molar-refractivity contribution < 1.29 is 14.3 Å². The van der Waals surface area contributed by atoms with Crippen molar-refractivity contribution in [2.24, 2.45) is 0 Å². The lowest BCUT2D eigenvalue weighted by atomic mass is 10.1. The zero-order chi connectivity index (χ0) is 12.1. The van der Waals surface area contributed by atoms with Gasteiger partial charge in [0.05, 0.1) is 18.3 Å². The number of hydrogen-bond acceptors (Lipinski definition) is 3. The molecule has 1 atom stereocenters. The number of benzene rings is 1. The molecule has 5 heteroatoms. The van der Waals surface area contributed by atoms with Crippen molar-refractivity contribution in [1.29, 1.82) is 0 Å². The summed E-state index contributed by atoms with van der Waals surface area (Å²) in [5.74, 6) is -1.04. The molecule has 1 amide bonds. The van der Waals surface area contributed by atoms with E-state index in [4.69, 9.17) is 10.8 Å². The molecular weight excluding hydrogens is 211 g/mol. The van der Waals surface area contributed by atoms with Crippen molar-refractivity contribution in [2.75, 3.05) is 12.3 Å². The van der Waals surface area contributed by atoms with Crippen molar-refractivity contribution in [3.63, 3.8) is 0 Å². The first-order chi connectivity index (χ1) is 7.58. The maximum atomic E-state index is 13.1. The fourth-order valence-corrected chi connectivity index (χ4v) is 1.21. The Bertz CT molecular complexity index is 378. The highest BCUT2D eigenvalue weighted by atomic mass is 19.1. The molecule has 1 aromatic carbocycles. The van der Waals surface area contributed by atoms with E-state index in [0.29, 0.717) is 6.42 Å². The Kier molecular flexibility index (Phi) is 4.25. The Labute approximate surface area is 93.3 Å². The van der Waals surface area contributed by atoms with Gasteiger partial charge < -0.3 is 16.2 Å². The number of nitrogens with one attached hydrogen (secondary N) is 1. The molecule has 0 aromatic heterocycles. The number of nitrogens with two attached hydrogens (primary N) is 1. The summed E-state index contributed by atoms with van der Waals surface area (Å²) in [6, 6.07) is 3.55. The Morgan fingerprint density at radius 1 is 1.62 bits per heavy atom. The van der Waals surface area contributed by atoms with Gasteiger partial charge in [-0.25, -0.2) is 4.39 Å². The van der Waals surface area contributed by atoms with Gasteiger partial charge in [0.1, 0.15) is 5.82 Å². The molecule has 4 nitrogen and oxygen atoms in total. The lowest BCUT2D eigenvalue weighted by Gasteiger charge is -2.14. The third-order valence-corrected chi connectivity index (χ3v) is 2.31. The minimum absolute atomic E-state index is 0.00532. The largest absolute Gasteiger partial charge is 0.396 e. The lowest BCUT2D eigenvalue weighted by Crippen LogP contribution is -2.36. The van der Waals surface area contributed by atoms with Gasteiger partial charge in [0.2, 0.25) is 0 Å². The first-order valence-corrected chi connectivity index (χ1v) is 5.05. The highest BCUT2D eigenvalue weighted by molar-refractivity contribution is 5.94. The Morgan fingerprint density at radius 3 is 2.81 bits per heavy atom. The second kappa shape index (κ2) is 5.46. The van der Waals surface area contributed by atoms with Crippen molar-refractivity contribution in [2.45, 2.75) is 19.4 Å². The zero-order valence-electron chi connectivity index (χ0n) is 9.03. The van der Waals surface area contributed by atoms with E-state index in [1.165, 1.54) is 12.1 Å². The predicted octanol–water partition coefficient (Wildman–Crippen LogP) is 0.909. The lowest BCUT2D eigenvalue weighted by molar-refractivity contribution is 0.0914. The van der Waals surface area contributed by atoms with Crippen LogP contribution in [0.4, 0.5) is 10.1 Å². The number of amides is 1. The van der Waals surface area contributed by atoms with Gasteiger partial charge in [0.25, 0.3) is 5.91 Å². The van der Waals surface area contributed by atoms with Crippen LogP contribution < -0.4 is 11.1 Å². The molecule has 0 heterocycles. The third kappa shape index (κ3) is 2.93. The molecule has 0 aliphatic carbocycles. The van der Waals surface area contributed by atoms with Gasteiger partial charge in [-0.2, -0.15) is 0 Å². The topological polar surface area (TPSA) is 75.3 Å². The van der Waals surface area contributed by atoms with E-state index < -0.39 is 11.7 Å². The molecule has 1 aromatic rings. The molecule has 0 fully saturated rings. The summed E-state index contributed by atoms with van der Waals surface area (Å²) >= 11 is 0. The summed E-state index contributed by atoms with van der Waals surface area (Å²) < 4.78 is 13.1. The van der Waals surface area contributed by atoms with E-state index in [2.05, 4.69) is 5.32 Å². The van der Waals surface area contributed by atoms with Crippen molar-refractivity contribution in [3.8, 4) is 0 Å². The molecule has 0 aliphatic heterocycles. The second-order valence-corrected chi connectivity index (χ2v) is 3.50. The van der Waals surface area contributed by atoms with Crippen LogP contribution in [0, 0.1) is 5.82 Å². The van der Waals surface area contributed by atoms with Gasteiger partial charge in [-0.1, -0.05) is 6.92 Å². The summed E-state index contributed by atoms with van der Waals surface area (Å²) in [5, 5.41) is 11.5. The normalized spacial score (nSPS) is 12.2. The van der Waals surface area contributed by atoms with Crippen LogP contribution >= 0.6 is 0 Å². The van der Waals surface area contributed by atoms with Crippen molar-refractivity contribution >= 4 is 11.6 Å². The van der Waals surface area contributed by atoms with E-state index in [9.17, 15) is 9.18 Å². The Morgan fingerprint density at radius 2 is 2.31 bits per heavy atom. The second-order valence-electron chi connectivity index (χ2n) is 3.50. The summed E-state index contributed by atoms with van der Waals surface area (Å²) in [6.45, 7) is 1.70. The Balaban J connectivity index is 2.76.